The zero-order valence-corrected chi connectivity index (χ0v) is 9.44. The monoisotopic (exact) mass is 189 g/mol. The third-order valence-corrected chi connectivity index (χ3v) is 4.54. The summed E-state index contributed by atoms with van der Waals surface area (Å²) in [5, 5.41) is 2.77. The van der Waals surface area contributed by atoms with E-state index in [9.17, 15) is 4.79 Å². The summed E-state index contributed by atoms with van der Waals surface area (Å²) in [6.45, 7) is 6.68. The van der Waals surface area contributed by atoms with E-state index in [1.807, 2.05) is 0 Å². The molecular weight excluding hydrogens is 170 g/mol. The first-order valence-corrected chi connectivity index (χ1v) is 7.39. The predicted molar refractivity (Wildman–Crippen MR) is 52.6 cm³/mol. The largest absolute Gasteiger partial charge is 0.420 e. The van der Waals surface area contributed by atoms with Crippen molar-refractivity contribution in [1.82, 2.24) is 5.32 Å². The van der Waals surface area contributed by atoms with Gasteiger partial charge in [-0.2, -0.15) is 0 Å². The molecule has 0 radical (unpaired) electrons. The van der Waals surface area contributed by atoms with E-state index >= 15 is 0 Å². The molecule has 1 N–H and O–H groups in total. The summed E-state index contributed by atoms with van der Waals surface area (Å²) in [5.74, 6) is 0.0480. The third kappa shape index (κ3) is 6.36. The van der Waals surface area contributed by atoms with E-state index in [2.05, 4.69) is 18.4 Å². The van der Waals surface area contributed by atoms with Crippen LogP contribution in [0.25, 0.3) is 0 Å². The van der Waals surface area contributed by atoms with Gasteiger partial charge >= 0.3 is 0 Å². The Morgan fingerprint density at radius 1 is 1.50 bits per heavy atom. The lowest BCUT2D eigenvalue weighted by Gasteiger charge is -2.19. The predicted octanol–water partition coefficient (Wildman–Crippen LogP) is 1.36. The van der Waals surface area contributed by atoms with E-state index < -0.39 is 8.32 Å². The zero-order valence-electron chi connectivity index (χ0n) is 8.44. The number of hydrogen-bond donors (Lipinski definition) is 1. The van der Waals surface area contributed by atoms with Gasteiger partial charge in [-0.05, 0) is 25.6 Å². The maximum absolute atomic E-state index is 10.5. The average Bonchev–Trinajstić information content (AvgIpc) is 1.98. The Morgan fingerprint density at radius 3 is 2.50 bits per heavy atom. The average molecular weight is 189 g/mol. The Kier molecular flexibility index (Phi) is 5.16. The van der Waals surface area contributed by atoms with E-state index in [0.717, 1.165) is 19.0 Å². The third-order valence-electron chi connectivity index (χ3n) is 1.88. The van der Waals surface area contributed by atoms with Crippen LogP contribution in [0.15, 0.2) is 0 Å². The Labute approximate surface area is 75.6 Å². The Bertz CT molecular complexity index is 148. The fraction of sp³-hybridized carbons (Fsp3) is 0.875. The summed E-state index contributed by atoms with van der Waals surface area (Å²) in [7, 11) is 0.368. The number of carbonyl (C=O) groups is 1. The second kappa shape index (κ2) is 5.32. The van der Waals surface area contributed by atoms with Crippen molar-refractivity contribution in [3.63, 3.8) is 0 Å². The lowest BCUT2D eigenvalue weighted by molar-refractivity contribution is -0.118. The van der Waals surface area contributed by atoms with E-state index in [4.69, 9.17) is 4.43 Å². The molecule has 12 heavy (non-hydrogen) atoms. The minimum Gasteiger partial charge on any atom is -0.420 e. The lowest BCUT2D eigenvalue weighted by Crippen LogP contribution is -2.30. The molecule has 0 saturated carbocycles. The highest BCUT2D eigenvalue weighted by molar-refractivity contribution is 6.71. The Hall–Kier alpha value is -0.353. The van der Waals surface area contributed by atoms with Crippen molar-refractivity contribution < 1.29 is 9.22 Å². The second-order valence-corrected chi connectivity index (χ2v) is 7.98. The van der Waals surface area contributed by atoms with Crippen LogP contribution >= 0.6 is 0 Å². The number of rotatable bonds is 5. The highest BCUT2D eigenvalue weighted by Crippen LogP contribution is 2.11. The van der Waals surface area contributed by atoms with Gasteiger partial charge in [0.05, 0.1) is 0 Å². The first-order chi connectivity index (χ1) is 5.48. The van der Waals surface area contributed by atoms with Gasteiger partial charge < -0.3 is 9.74 Å². The minimum absolute atomic E-state index is 0.0480. The molecule has 0 atom stereocenters. The number of hydrogen-bond acceptors (Lipinski definition) is 2. The summed E-state index contributed by atoms with van der Waals surface area (Å²) >= 11 is 0. The molecule has 0 aromatic carbocycles. The highest BCUT2D eigenvalue weighted by Gasteiger charge is 2.19. The summed E-state index contributed by atoms with van der Waals surface area (Å²) < 4.78 is 5.37. The number of nitrogens with one attached hydrogen (secondary N) is 1. The van der Waals surface area contributed by atoms with Crippen LogP contribution in [0, 0.1) is 0 Å². The van der Waals surface area contributed by atoms with Gasteiger partial charge in [0, 0.05) is 20.6 Å². The molecule has 0 aromatic heterocycles. The molecule has 0 fully saturated rings. The molecular formula is C8H19NO2Si. The smallest absolute Gasteiger partial charge is 0.216 e. The van der Waals surface area contributed by atoms with Crippen molar-refractivity contribution in [2.75, 3.05) is 13.7 Å². The van der Waals surface area contributed by atoms with Gasteiger partial charge in [-0.15, -0.1) is 0 Å². The SMILES string of the molecule is CO[Si](C)(C)CCCNC(C)=O. The molecule has 1 amide bonds. The van der Waals surface area contributed by atoms with E-state index in [1.54, 1.807) is 14.0 Å². The van der Waals surface area contributed by atoms with Gasteiger partial charge in [-0.3, -0.25) is 4.79 Å². The van der Waals surface area contributed by atoms with Gasteiger partial charge in [-0.25, -0.2) is 0 Å². The van der Waals surface area contributed by atoms with Crippen LogP contribution in [0.5, 0.6) is 0 Å². The summed E-state index contributed by atoms with van der Waals surface area (Å²) in [6.07, 6.45) is 1.02. The molecule has 0 aliphatic rings. The molecule has 0 saturated heterocycles. The fourth-order valence-corrected chi connectivity index (χ4v) is 2.11. The highest BCUT2D eigenvalue weighted by atomic mass is 28.4. The van der Waals surface area contributed by atoms with E-state index in [-0.39, 0.29) is 5.91 Å². The summed E-state index contributed by atoms with van der Waals surface area (Å²) in [5.41, 5.74) is 0. The van der Waals surface area contributed by atoms with Gasteiger partial charge in [0.15, 0.2) is 8.32 Å². The first kappa shape index (κ1) is 11.6. The molecule has 0 rings (SSSR count). The van der Waals surface area contributed by atoms with Crippen molar-refractivity contribution in [2.45, 2.75) is 32.5 Å². The maximum Gasteiger partial charge on any atom is 0.216 e. The van der Waals surface area contributed by atoms with Crippen LogP contribution in [-0.4, -0.2) is 27.9 Å². The van der Waals surface area contributed by atoms with Gasteiger partial charge in [0.2, 0.25) is 5.91 Å². The molecule has 0 heterocycles. The summed E-state index contributed by atoms with van der Waals surface area (Å²) in [4.78, 5) is 10.5. The molecule has 0 spiro atoms. The van der Waals surface area contributed by atoms with Crippen molar-refractivity contribution in [2.24, 2.45) is 0 Å². The van der Waals surface area contributed by atoms with Crippen LogP contribution in [0.3, 0.4) is 0 Å². The summed E-state index contributed by atoms with van der Waals surface area (Å²) in [6, 6.07) is 1.10. The number of amides is 1. The molecule has 0 unspecified atom stereocenters. The molecule has 0 aliphatic carbocycles. The molecule has 72 valence electrons. The van der Waals surface area contributed by atoms with Crippen molar-refractivity contribution in [1.29, 1.82) is 0 Å². The van der Waals surface area contributed by atoms with Crippen LogP contribution < -0.4 is 5.32 Å². The molecule has 0 aromatic rings. The van der Waals surface area contributed by atoms with Crippen LogP contribution in [0.4, 0.5) is 0 Å². The number of carbonyl (C=O) groups excluding carboxylic acids is 1. The zero-order chi connectivity index (χ0) is 9.61. The maximum atomic E-state index is 10.5. The second-order valence-electron chi connectivity index (χ2n) is 3.55. The van der Waals surface area contributed by atoms with Gasteiger partial charge in [0.25, 0.3) is 0 Å². The first-order valence-electron chi connectivity index (χ1n) is 4.27. The fourth-order valence-electron chi connectivity index (χ4n) is 0.881. The van der Waals surface area contributed by atoms with E-state index in [1.165, 1.54) is 0 Å². The molecule has 0 aliphatic heterocycles. The topological polar surface area (TPSA) is 38.3 Å². The van der Waals surface area contributed by atoms with Gasteiger partial charge in [-0.1, -0.05) is 0 Å². The van der Waals surface area contributed by atoms with Crippen molar-refractivity contribution in [3.8, 4) is 0 Å². The quantitative estimate of drug-likeness (QED) is 0.524. The van der Waals surface area contributed by atoms with Crippen molar-refractivity contribution in [3.05, 3.63) is 0 Å². The minimum atomic E-state index is -1.40. The van der Waals surface area contributed by atoms with Crippen molar-refractivity contribution >= 4 is 14.2 Å². The Morgan fingerprint density at radius 2 is 2.08 bits per heavy atom. The molecule has 4 heteroatoms. The normalized spacial score (nSPS) is 11.3. The van der Waals surface area contributed by atoms with E-state index in [0.29, 0.717) is 0 Å². The Balaban J connectivity index is 3.37. The molecule has 0 bridgehead atoms. The van der Waals surface area contributed by atoms with Gasteiger partial charge in [0.1, 0.15) is 0 Å². The van der Waals surface area contributed by atoms with Crippen LogP contribution in [0.2, 0.25) is 19.1 Å². The molecule has 3 nitrogen and oxygen atoms in total. The van der Waals surface area contributed by atoms with Crippen LogP contribution in [-0.2, 0) is 9.22 Å². The standard InChI is InChI=1S/C8H19NO2Si/c1-8(10)9-6-5-7-12(3,4)11-2/h5-7H2,1-4H3,(H,9,10). The van der Waals surface area contributed by atoms with Crippen LogP contribution in [0.1, 0.15) is 13.3 Å². The lowest BCUT2D eigenvalue weighted by atomic mass is 10.5.